The summed E-state index contributed by atoms with van der Waals surface area (Å²) in [6, 6.07) is 8.27. The molecule has 0 N–H and O–H groups in total. The van der Waals surface area contributed by atoms with Crippen molar-refractivity contribution in [2.75, 3.05) is 33.3 Å². The zero-order chi connectivity index (χ0) is 27.7. The molecule has 1 fully saturated rings. The molecule has 0 aliphatic carbocycles. The molecular weight excluding hydrogens is 503 g/mol. The highest BCUT2D eigenvalue weighted by Gasteiger charge is 2.23. The molecule has 4 aromatic rings. The Labute approximate surface area is 225 Å². The fraction of sp³-hybridized carbons (Fsp3) is 0.407. The van der Waals surface area contributed by atoms with E-state index < -0.39 is 11.8 Å². The van der Waals surface area contributed by atoms with Gasteiger partial charge in [0.2, 0.25) is 5.91 Å². The van der Waals surface area contributed by atoms with E-state index in [1.54, 1.807) is 15.3 Å². The molecule has 4 heterocycles. The van der Waals surface area contributed by atoms with Gasteiger partial charge in [0.1, 0.15) is 5.82 Å². The Balaban J connectivity index is 1.16. The first-order valence-corrected chi connectivity index (χ1v) is 12.9. The van der Waals surface area contributed by atoms with E-state index in [1.807, 2.05) is 37.8 Å². The van der Waals surface area contributed by atoms with Crippen LogP contribution >= 0.6 is 0 Å². The molecule has 0 spiro atoms. The largest absolute Gasteiger partial charge is 0.465 e. The van der Waals surface area contributed by atoms with Crippen LogP contribution in [0.15, 0.2) is 30.3 Å². The lowest BCUT2D eigenvalue weighted by Gasteiger charge is -2.35. The standard InChI is InChI=1S/C27H31FN8O3/c1-17-21(18(2)35(31-17)25-9-8-24-30-29-19(3)36(24)32-25)7-10-26(37)34-13-11-33(12-14-34)16-20-5-6-22(23(28)15-20)27(38)39-4/h5-6,8-9,15H,7,10-14,16H2,1-4H3. The first kappa shape index (κ1) is 26.4. The summed E-state index contributed by atoms with van der Waals surface area (Å²) in [4.78, 5) is 28.7. The van der Waals surface area contributed by atoms with Gasteiger partial charge in [-0.15, -0.1) is 15.3 Å². The van der Waals surface area contributed by atoms with Crippen LogP contribution in [-0.4, -0.2) is 84.6 Å². The Morgan fingerprint density at radius 3 is 2.49 bits per heavy atom. The van der Waals surface area contributed by atoms with Crippen molar-refractivity contribution in [2.45, 2.75) is 40.2 Å². The van der Waals surface area contributed by atoms with Crippen molar-refractivity contribution in [1.29, 1.82) is 0 Å². The van der Waals surface area contributed by atoms with Gasteiger partial charge in [-0.05, 0) is 62.6 Å². The monoisotopic (exact) mass is 534 g/mol. The molecule has 0 bridgehead atoms. The van der Waals surface area contributed by atoms with Crippen molar-refractivity contribution >= 4 is 17.5 Å². The fourth-order valence-electron chi connectivity index (χ4n) is 5.00. The van der Waals surface area contributed by atoms with Crippen LogP contribution in [0.1, 0.15) is 45.1 Å². The van der Waals surface area contributed by atoms with Crippen LogP contribution < -0.4 is 0 Å². The van der Waals surface area contributed by atoms with Gasteiger partial charge in [0.05, 0.1) is 18.4 Å². The number of halogens is 1. The van der Waals surface area contributed by atoms with Crippen molar-refractivity contribution in [3.8, 4) is 5.82 Å². The molecule has 0 unspecified atom stereocenters. The maximum atomic E-state index is 14.3. The number of piperazine rings is 1. The molecule has 12 heteroatoms. The quantitative estimate of drug-likeness (QED) is 0.333. The molecule has 0 saturated carbocycles. The summed E-state index contributed by atoms with van der Waals surface area (Å²) < 4.78 is 22.3. The lowest BCUT2D eigenvalue weighted by molar-refractivity contribution is -0.133. The number of methoxy groups -OCH3 is 1. The van der Waals surface area contributed by atoms with E-state index in [9.17, 15) is 14.0 Å². The zero-order valence-electron chi connectivity index (χ0n) is 22.5. The molecule has 1 amide bonds. The third-order valence-corrected chi connectivity index (χ3v) is 7.22. The second kappa shape index (κ2) is 10.9. The van der Waals surface area contributed by atoms with Crippen LogP contribution in [0.5, 0.6) is 0 Å². The van der Waals surface area contributed by atoms with Crippen molar-refractivity contribution in [3.63, 3.8) is 0 Å². The number of benzene rings is 1. The second-order valence-electron chi connectivity index (χ2n) is 9.73. The van der Waals surface area contributed by atoms with Crippen LogP contribution in [0.25, 0.3) is 11.5 Å². The molecule has 0 radical (unpaired) electrons. The maximum Gasteiger partial charge on any atom is 0.340 e. The van der Waals surface area contributed by atoms with Gasteiger partial charge in [0.15, 0.2) is 17.3 Å². The Kier molecular flexibility index (Phi) is 7.38. The van der Waals surface area contributed by atoms with E-state index in [1.165, 1.54) is 19.2 Å². The van der Waals surface area contributed by atoms with Gasteiger partial charge in [0, 0.05) is 44.8 Å². The van der Waals surface area contributed by atoms with Crippen LogP contribution in [0, 0.1) is 26.6 Å². The number of hydrogen-bond acceptors (Lipinski definition) is 8. The number of rotatable bonds is 7. The van der Waals surface area contributed by atoms with E-state index >= 15 is 0 Å². The predicted molar refractivity (Wildman–Crippen MR) is 140 cm³/mol. The van der Waals surface area contributed by atoms with E-state index in [0.717, 1.165) is 22.5 Å². The highest BCUT2D eigenvalue weighted by Crippen LogP contribution is 2.20. The Morgan fingerprint density at radius 2 is 1.77 bits per heavy atom. The molecule has 1 aliphatic rings. The van der Waals surface area contributed by atoms with Gasteiger partial charge >= 0.3 is 5.97 Å². The summed E-state index contributed by atoms with van der Waals surface area (Å²) in [5.41, 5.74) is 4.24. The summed E-state index contributed by atoms with van der Waals surface area (Å²) >= 11 is 0. The van der Waals surface area contributed by atoms with Crippen LogP contribution in [0.2, 0.25) is 0 Å². The van der Waals surface area contributed by atoms with E-state index in [2.05, 4.69) is 30.0 Å². The molecule has 1 saturated heterocycles. The first-order valence-electron chi connectivity index (χ1n) is 12.9. The van der Waals surface area contributed by atoms with E-state index in [4.69, 9.17) is 0 Å². The van der Waals surface area contributed by atoms with Gasteiger partial charge in [-0.1, -0.05) is 6.07 Å². The molecule has 204 valence electrons. The van der Waals surface area contributed by atoms with Gasteiger partial charge < -0.3 is 9.64 Å². The minimum absolute atomic E-state index is 0.0735. The smallest absolute Gasteiger partial charge is 0.340 e. The Morgan fingerprint density at radius 1 is 1.00 bits per heavy atom. The number of hydrogen-bond donors (Lipinski definition) is 0. The number of carbonyl (C=O) groups is 2. The minimum atomic E-state index is -0.691. The third kappa shape index (κ3) is 5.37. The minimum Gasteiger partial charge on any atom is -0.465 e. The number of carbonyl (C=O) groups excluding carboxylic acids is 2. The molecule has 39 heavy (non-hydrogen) atoms. The summed E-state index contributed by atoms with van der Waals surface area (Å²) in [5, 5.41) is 17.4. The fourth-order valence-corrected chi connectivity index (χ4v) is 5.00. The van der Waals surface area contributed by atoms with Crippen LogP contribution in [-0.2, 0) is 22.5 Å². The Bertz CT molecular complexity index is 1540. The molecule has 0 atom stereocenters. The number of esters is 1. The van der Waals surface area contributed by atoms with E-state index in [-0.39, 0.29) is 11.5 Å². The summed E-state index contributed by atoms with van der Waals surface area (Å²) in [7, 11) is 1.23. The number of nitrogens with zero attached hydrogens (tertiary/aromatic N) is 8. The molecular formula is C27H31FN8O3. The molecule has 1 aromatic carbocycles. The number of ether oxygens (including phenoxy) is 1. The summed E-state index contributed by atoms with van der Waals surface area (Å²) in [6.45, 7) is 8.94. The number of aryl methyl sites for hydroxylation is 2. The highest BCUT2D eigenvalue weighted by molar-refractivity contribution is 5.89. The maximum absolute atomic E-state index is 14.3. The number of fused-ring (bicyclic) bond motifs is 1. The van der Waals surface area contributed by atoms with Crippen molar-refractivity contribution in [3.05, 3.63) is 70.1 Å². The zero-order valence-corrected chi connectivity index (χ0v) is 22.5. The topological polar surface area (TPSA) is 111 Å². The average molecular weight is 535 g/mol. The second-order valence-corrected chi connectivity index (χ2v) is 9.73. The molecule has 3 aromatic heterocycles. The normalized spacial score (nSPS) is 14.2. The summed E-state index contributed by atoms with van der Waals surface area (Å²) in [6.07, 6.45) is 0.987. The number of aromatic nitrogens is 6. The SMILES string of the molecule is COC(=O)c1ccc(CN2CCN(C(=O)CCc3c(C)nn(-c4ccc5nnc(C)n5n4)c3C)CC2)cc1F. The number of amides is 1. The molecule has 1 aliphatic heterocycles. The van der Waals surface area contributed by atoms with Crippen LogP contribution in [0.4, 0.5) is 4.39 Å². The predicted octanol–water partition coefficient (Wildman–Crippen LogP) is 2.44. The van der Waals surface area contributed by atoms with Gasteiger partial charge in [-0.3, -0.25) is 9.69 Å². The summed E-state index contributed by atoms with van der Waals surface area (Å²) in [5.74, 6) is 0.188. The van der Waals surface area contributed by atoms with Crippen LogP contribution in [0.3, 0.4) is 0 Å². The van der Waals surface area contributed by atoms with Crippen molar-refractivity contribution in [2.24, 2.45) is 0 Å². The first-order chi connectivity index (χ1) is 18.7. The van der Waals surface area contributed by atoms with Gasteiger partial charge in [0.25, 0.3) is 0 Å². The van der Waals surface area contributed by atoms with E-state index in [0.29, 0.717) is 62.9 Å². The third-order valence-electron chi connectivity index (χ3n) is 7.22. The molecule has 5 rings (SSSR count). The lowest BCUT2D eigenvalue weighted by Crippen LogP contribution is -2.48. The van der Waals surface area contributed by atoms with Crippen molar-refractivity contribution in [1.82, 2.24) is 39.4 Å². The van der Waals surface area contributed by atoms with Gasteiger partial charge in [-0.25, -0.2) is 13.9 Å². The van der Waals surface area contributed by atoms with Crippen molar-refractivity contribution < 1.29 is 18.7 Å². The van der Waals surface area contributed by atoms with Gasteiger partial charge in [-0.2, -0.15) is 9.61 Å². The lowest BCUT2D eigenvalue weighted by atomic mass is 10.1. The Hall–Kier alpha value is -4.19. The average Bonchev–Trinajstić information content (AvgIpc) is 3.45. The molecule has 11 nitrogen and oxygen atoms in total. The highest BCUT2D eigenvalue weighted by atomic mass is 19.1.